The zero-order chi connectivity index (χ0) is 24.0. The number of piperidine rings is 1. The van der Waals surface area contributed by atoms with E-state index >= 15 is 0 Å². The Morgan fingerprint density at radius 1 is 1.06 bits per heavy atom. The Hall–Kier alpha value is -2.81. The summed E-state index contributed by atoms with van der Waals surface area (Å²) in [7, 11) is 1.64. The molecular weight excluding hydrogens is 456 g/mol. The number of halogens is 1. The van der Waals surface area contributed by atoms with Gasteiger partial charge < -0.3 is 23.9 Å². The molecule has 1 saturated heterocycles. The van der Waals surface area contributed by atoms with Gasteiger partial charge in [-0.15, -0.1) is 10.2 Å². The van der Waals surface area contributed by atoms with Crippen LogP contribution in [-0.2, 0) is 13.1 Å². The largest absolute Gasteiger partial charge is 0.493 e. The maximum atomic E-state index is 11.2. The molecule has 0 bridgehead atoms. The molecule has 8 nitrogen and oxygen atoms in total. The number of likely N-dealkylation sites (tertiary alicyclic amines) is 1. The summed E-state index contributed by atoms with van der Waals surface area (Å²) in [5, 5.41) is 19.3. The Bertz CT molecular complexity index is 1080. The number of rotatable bonds is 10. The Morgan fingerprint density at radius 3 is 2.68 bits per heavy atom. The SMILES string of the molecule is COc1cc(CN2CCCC(O)(COc3cc(C)ccc3Cl)C2)ccc1OCCn1cnnc1. The highest BCUT2D eigenvalue weighted by molar-refractivity contribution is 6.32. The lowest BCUT2D eigenvalue weighted by Gasteiger charge is -2.39. The molecule has 9 heteroatoms. The second kappa shape index (κ2) is 11.1. The van der Waals surface area contributed by atoms with Crippen molar-refractivity contribution in [2.45, 2.75) is 38.5 Å². The van der Waals surface area contributed by atoms with E-state index in [2.05, 4.69) is 15.1 Å². The van der Waals surface area contributed by atoms with Crippen molar-refractivity contribution >= 4 is 11.6 Å². The van der Waals surface area contributed by atoms with Crippen LogP contribution in [0.2, 0.25) is 5.02 Å². The van der Waals surface area contributed by atoms with E-state index in [1.807, 2.05) is 47.9 Å². The minimum absolute atomic E-state index is 0.204. The van der Waals surface area contributed by atoms with Crippen LogP contribution in [0.3, 0.4) is 0 Å². The molecule has 34 heavy (non-hydrogen) atoms. The smallest absolute Gasteiger partial charge is 0.161 e. The van der Waals surface area contributed by atoms with Gasteiger partial charge in [-0.25, -0.2) is 0 Å². The maximum Gasteiger partial charge on any atom is 0.161 e. The predicted octanol–water partition coefficient (Wildman–Crippen LogP) is 3.73. The van der Waals surface area contributed by atoms with Gasteiger partial charge >= 0.3 is 0 Å². The lowest BCUT2D eigenvalue weighted by Crippen LogP contribution is -2.51. The summed E-state index contributed by atoms with van der Waals surface area (Å²) in [5.74, 6) is 1.99. The topological polar surface area (TPSA) is 81.9 Å². The van der Waals surface area contributed by atoms with Crippen molar-refractivity contribution in [2.75, 3.05) is 33.4 Å². The number of aromatic nitrogens is 3. The molecule has 0 spiro atoms. The first kappa shape index (κ1) is 24.3. The second-order valence-corrected chi connectivity index (χ2v) is 9.20. The fourth-order valence-electron chi connectivity index (χ4n) is 4.18. The summed E-state index contributed by atoms with van der Waals surface area (Å²) < 4.78 is 19.2. The van der Waals surface area contributed by atoms with Crippen molar-refractivity contribution < 1.29 is 19.3 Å². The summed E-state index contributed by atoms with van der Waals surface area (Å²) in [5.41, 5.74) is 1.23. The molecular formula is C25H31ClN4O4. The molecule has 4 rings (SSSR count). The molecule has 3 aromatic rings. The number of hydrogen-bond donors (Lipinski definition) is 1. The van der Waals surface area contributed by atoms with Gasteiger partial charge in [0, 0.05) is 13.1 Å². The van der Waals surface area contributed by atoms with Crippen molar-refractivity contribution in [1.29, 1.82) is 0 Å². The van der Waals surface area contributed by atoms with Crippen LogP contribution in [0.5, 0.6) is 17.2 Å². The summed E-state index contributed by atoms with van der Waals surface area (Å²) in [6.45, 7) is 5.46. The number of benzene rings is 2. The van der Waals surface area contributed by atoms with Gasteiger partial charge in [-0.3, -0.25) is 4.90 Å². The molecule has 1 fully saturated rings. The molecule has 0 radical (unpaired) electrons. The number of aliphatic hydroxyl groups is 1. The van der Waals surface area contributed by atoms with Crippen LogP contribution in [0.1, 0.15) is 24.0 Å². The highest BCUT2D eigenvalue weighted by Gasteiger charge is 2.34. The molecule has 0 saturated carbocycles. The van der Waals surface area contributed by atoms with E-state index < -0.39 is 5.60 Å². The molecule has 182 valence electrons. The van der Waals surface area contributed by atoms with Crippen molar-refractivity contribution in [3.8, 4) is 17.2 Å². The summed E-state index contributed by atoms with van der Waals surface area (Å²) in [6, 6.07) is 11.6. The molecule has 1 unspecified atom stereocenters. The van der Waals surface area contributed by atoms with Crippen molar-refractivity contribution in [1.82, 2.24) is 19.7 Å². The number of nitrogens with zero attached hydrogens (tertiary/aromatic N) is 4. The van der Waals surface area contributed by atoms with Gasteiger partial charge in [-0.2, -0.15) is 0 Å². The second-order valence-electron chi connectivity index (χ2n) is 8.79. The quantitative estimate of drug-likeness (QED) is 0.467. The van der Waals surface area contributed by atoms with Gasteiger partial charge in [0.1, 0.15) is 37.2 Å². The maximum absolute atomic E-state index is 11.2. The van der Waals surface area contributed by atoms with Crippen LogP contribution in [0.15, 0.2) is 49.1 Å². The van der Waals surface area contributed by atoms with Gasteiger partial charge in [-0.05, 0) is 61.7 Å². The lowest BCUT2D eigenvalue weighted by atomic mass is 9.93. The first-order chi connectivity index (χ1) is 16.4. The number of methoxy groups -OCH3 is 1. The van der Waals surface area contributed by atoms with Crippen LogP contribution < -0.4 is 14.2 Å². The third-order valence-electron chi connectivity index (χ3n) is 5.93. The van der Waals surface area contributed by atoms with Gasteiger partial charge in [0.25, 0.3) is 0 Å². The normalized spacial score (nSPS) is 18.6. The molecule has 0 amide bonds. The number of aryl methyl sites for hydroxylation is 1. The molecule has 1 N–H and O–H groups in total. The minimum atomic E-state index is -0.930. The Balaban J connectivity index is 1.33. The molecule has 1 aromatic heterocycles. The Labute approximate surface area is 205 Å². The average molecular weight is 487 g/mol. The van der Waals surface area contributed by atoms with E-state index in [4.69, 9.17) is 25.8 Å². The van der Waals surface area contributed by atoms with E-state index in [1.54, 1.807) is 19.8 Å². The first-order valence-corrected chi connectivity index (χ1v) is 11.8. The third kappa shape index (κ3) is 6.40. The van der Waals surface area contributed by atoms with E-state index in [-0.39, 0.29) is 6.61 Å². The lowest BCUT2D eigenvalue weighted by molar-refractivity contribution is -0.0621. The first-order valence-electron chi connectivity index (χ1n) is 11.4. The number of hydrogen-bond acceptors (Lipinski definition) is 7. The van der Waals surface area contributed by atoms with Crippen LogP contribution >= 0.6 is 11.6 Å². The summed E-state index contributed by atoms with van der Waals surface area (Å²) in [6.07, 6.45) is 4.90. The molecule has 1 atom stereocenters. The third-order valence-corrected chi connectivity index (χ3v) is 6.24. The van der Waals surface area contributed by atoms with E-state index in [1.165, 1.54) is 0 Å². The monoisotopic (exact) mass is 486 g/mol. The summed E-state index contributed by atoms with van der Waals surface area (Å²) >= 11 is 6.25. The van der Waals surface area contributed by atoms with E-state index in [0.717, 1.165) is 24.1 Å². The number of β-amino-alcohol motifs (C(OH)–C–C–N with tert-alkyl or cyclic N) is 1. The van der Waals surface area contributed by atoms with E-state index in [0.29, 0.717) is 54.9 Å². The van der Waals surface area contributed by atoms with Crippen LogP contribution in [-0.4, -0.2) is 63.8 Å². The Kier molecular flexibility index (Phi) is 7.92. The standard InChI is InChI=1S/C25H31ClN4O4/c1-19-4-6-21(26)23(12-19)34-16-25(31)8-3-9-29(15-25)14-20-5-7-22(24(13-20)32-2)33-11-10-30-17-27-28-18-30/h4-7,12-13,17-18,31H,3,8-11,14-16H2,1-2H3. The molecule has 1 aliphatic heterocycles. The number of ether oxygens (including phenoxy) is 3. The van der Waals surface area contributed by atoms with Gasteiger partial charge in [-0.1, -0.05) is 23.7 Å². The highest BCUT2D eigenvalue weighted by Crippen LogP contribution is 2.31. The van der Waals surface area contributed by atoms with Gasteiger partial charge in [0.2, 0.25) is 0 Å². The average Bonchev–Trinajstić information content (AvgIpc) is 3.34. The highest BCUT2D eigenvalue weighted by atomic mass is 35.5. The molecule has 2 aromatic carbocycles. The van der Waals surface area contributed by atoms with Gasteiger partial charge in [0.15, 0.2) is 11.5 Å². The van der Waals surface area contributed by atoms with Crippen LogP contribution in [0, 0.1) is 6.92 Å². The zero-order valence-corrected chi connectivity index (χ0v) is 20.4. The van der Waals surface area contributed by atoms with Crippen molar-refractivity contribution in [3.63, 3.8) is 0 Å². The minimum Gasteiger partial charge on any atom is -0.493 e. The van der Waals surface area contributed by atoms with Crippen molar-refractivity contribution in [3.05, 3.63) is 65.2 Å². The van der Waals surface area contributed by atoms with E-state index in [9.17, 15) is 5.11 Å². The Morgan fingerprint density at radius 2 is 1.88 bits per heavy atom. The molecule has 2 heterocycles. The molecule has 1 aliphatic rings. The molecule has 0 aliphatic carbocycles. The summed E-state index contributed by atoms with van der Waals surface area (Å²) in [4.78, 5) is 2.24. The van der Waals surface area contributed by atoms with Gasteiger partial charge in [0.05, 0.1) is 18.7 Å². The zero-order valence-electron chi connectivity index (χ0n) is 19.6. The van der Waals surface area contributed by atoms with Crippen LogP contribution in [0.4, 0.5) is 0 Å². The fraction of sp³-hybridized carbons (Fsp3) is 0.440. The van der Waals surface area contributed by atoms with Crippen molar-refractivity contribution in [2.24, 2.45) is 0 Å². The fourth-order valence-corrected chi connectivity index (χ4v) is 4.35. The van der Waals surface area contributed by atoms with Crippen LogP contribution in [0.25, 0.3) is 0 Å². The predicted molar refractivity (Wildman–Crippen MR) is 130 cm³/mol.